The molecule has 1 unspecified atom stereocenters. The lowest BCUT2D eigenvalue weighted by atomic mass is 10.1. The van der Waals surface area contributed by atoms with Gasteiger partial charge < -0.3 is 15.4 Å². The third-order valence-corrected chi connectivity index (χ3v) is 4.65. The number of aryl methyl sites for hydroxylation is 1. The molecule has 1 fully saturated rings. The van der Waals surface area contributed by atoms with Crippen LogP contribution in [0.15, 0.2) is 18.2 Å². The van der Waals surface area contributed by atoms with E-state index in [1.807, 2.05) is 0 Å². The van der Waals surface area contributed by atoms with E-state index in [0.29, 0.717) is 6.54 Å². The summed E-state index contributed by atoms with van der Waals surface area (Å²) in [5.41, 5.74) is 9.86. The summed E-state index contributed by atoms with van der Waals surface area (Å²) < 4.78 is 5.35. The van der Waals surface area contributed by atoms with Crippen LogP contribution in [0.3, 0.4) is 0 Å². The Hall–Kier alpha value is -1.10. The van der Waals surface area contributed by atoms with Crippen molar-refractivity contribution in [3.05, 3.63) is 29.3 Å². The molecule has 1 aromatic carbocycles. The molecule has 0 aromatic heterocycles. The zero-order chi connectivity index (χ0) is 15.2. The third-order valence-electron chi connectivity index (χ3n) is 4.65. The molecule has 0 bridgehead atoms. The first kappa shape index (κ1) is 16.3. The van der Waals surface area contributed by atoms with Crippen molar-refractivity contribution in [3.63, 3.8) is 0 Å². The number of anilines is 1. The number of piperazine rings is 1. The van der Waals surface area contributed by atoms with Crippen molar-refractivity contribution in [2.45, 2.75) is 26.4 Å². The van der Waals surface area contributed by atoms with Crippen LogP contribution in [0.4, 0.5) is 5.69 Å². The van der Waals surface area contributed by atoms with E-state index in [-0.39, 0.29) is 6.10 Å². The van der Waals surface area contributed by atoms with Gasteiger partial charge in [0.05, 0.1) is 6.10 Å². The van der Waals surface area contributed by atoms with Gasteiger partial charge in [0, 0.05) is 52.1 Å². The lowest BCUT2D eigenvalue weighted by molar-refractivity contribution is 0.0885. The Balaban J connectivity index is 1.84. The summed E-state index contributed by atoms with van der Waals surface area (Å²) >= 11 is 0. The smallest absolute Gasteiger partial charge is 0.0705 e. The average molecular weight is 291 g/mol. The minimum absolute atomic E-state index is 0.196. The van der Waals surface area contributed by atoms with Crippen molar-refractivity contribution < 1.29 is 4.74 Å². The molecule has 1 aliphatic heterocycles. The zero-order valence-electron chi connectivity index (χ0n) is 13.6. The van der Waals surface area contributed by atoms with Crippen LogP contribution in [0.2, 0.25) is 0 Å². The summed E-state index contributed by atoms with van der Waals surface area (Å²) in [6.45, 7) is 10.5. The number of rotatable bonds is 6. The maximum absolute atomic E-state index is 5.68. The molecule has 2 rings (SSSR count). The van der Waals surface area contributed by atoms with Gasteiger partial charge in [0.15, 0.2) is 0 Å². The van der Waals surface area contributed by atoms with Crippen LogP contribution in [0.25, 0.3) is 0 Å². The monoisotopic (exact) mass is 291 g/mol. The summed E-state index contributed by atoms with van der Waals surface area (Å²) in [5, 5.41) is 0. The molecule has 1 atom stereocenters. The van der Waals surface area contributed by atoms with Crippen molar-refractivity contribution in [3.8, 4) is 0 Å². The summed E-state index contributed by atoms with van der Waals surface area (Å²) in [4.78, 5) is 5.03. The van der Waals surface area contributed by atoms with Crippen molar-refractivity contribution in [2.24, 2.45) is 5.73 Å². The highest BCUT2D eigenvalue weighted by Crippen LogP contribution is 2.23. The average Bonchev–Trinajstić information content (AvgIpc) is 2.52. The van der Waals surface area contributed by atoms with E-state index in [2.05, 4.69) is 41.8 Å². The summed E-state index contributed by atoms with van der Waals surface area (Å²) in [7, 11) is 1.75. The normalized spacial score (nSPS) is 18.0. The number of hydrogen-bond donors (Lipinski definition) is 1. The van der Waals surface area contributed by atoms with Crippen LogP contribution in [-0.4, -0.2) is 57.4 Å². The molecule has 2 N–H and O–H groups in total. The summed E-state index contributed by atoms with van der Waals surface area (Å²) in [5.74, 6) is 0. The second-order valence-electron chi connectivity index (χ2n) is 5.93. The molecule has 0 radical (unpaired) electrons. The Morgan fingerprint density at radius 2 is 1.90 bits per heavy atom. The molecule has 1 saturated heterocycles. The fourth-order valence-corrected chi connectivity index (χ4v) is 2.95. The Labute approximate surface area is 128 Å². The molecule has 0 amide bonds. The molecule has 4 nitrogen and oxygen atoms in total. The van der Waals surface area contributed by atoms with Gasteiger partial charge in [0.2, 0.25) is 0 Å². The minimum Gasteiger partial charge on any atom is -0.380 e. The predicted molar refractivity (Wildman–Crippen MR) is 89.0 cm³/mol. The van der Waals surface area contributed by atoms with Crippen molar-refractivity contribution in [1.29, 1.82) is 0 Å². The van der Waals surface area contributed by atoms with Gasteiger partial charge in [-0.25, -0.2) is 0 Å². The molecular formula is C17H29N3O. The van der Waals surface area contributed by atoms with Crippen molar-refractivity contribution in [1.82, 2.24) is 4.90 Å². The molecule has 4 heteroatoms. The number of methoxy groups -OCH3 is 1. The second kappa shape index (κ2) is 7.78. The molecule has 1 aromatic rings. The van der Waals surface area contributed by atoms with Crippen molar-refractivity contribution in [2.75, 3.05) is 51.3 Å². The van der Waals surface area contributed by atoms with Gasteiger partial charge in [-0.15, -0.1) is 0 Å². The third kappa shape index (κ3) is 4.19. The van der Waals surface area contributed by atoms with Gasteiger partial charge in [-0.2, -0.15) is 0 Å². The number of ether oxygens (including phenoxy) is 1. The fraction of sp³-hybridized carbons (Fsp3) is 0.647. The molecular weight excluding hydrogens is 262 g/mol. The number of benzene rings is 1. The van der Waals surface area contributed by atoms with Crippen LogP contribution in [0.1, 0.15) is 17.5 Å². The maximum Gasteiger partial charge on any atom is 0.0705 e. The maximum atomic E-state index is 5.68. The number of nitrogens with zero attached hydrogens (tertiary/aromatic N) is 2. The molecule has 0 saturated carbocycles. The highest BCUT2D eigenvalue weighted by Gasteiger charge is 2.19. The van der Waals surface area contributed by atoms with Gasteiger partial charge >= 0.3 is 0 Å². The van der Waals surface area contributed by atoms with E-state index in [4.69, 9.17) is 10.5 Å². The molecule has 0 aliphatic carbocycles. The van der Waals surface area contributed by atoms with E-state index in [0.717, 1.165) is 39.1 Å². The van der Waals surface area contributed by atoms with Gasteiger partial charge in [-0.1, -0.05) is 12.1 Å². The Kier molecular flexibility index (Phi) is 6.03. The van der Waals surface area contributed by atoms with Crippen LogP contribution in [0.5, 0.6) is 0 Å². The Morgan fingerprint density at radius 1 is 1.19 bits per heavy atom. The molecule has 1 heterocycles. The molecule has 118 valence electrons. The number of nitrogens with two attached hydrogens (primary N) is 1. The van der Waals surface area contributed by atoms with Crippen molar-refractivity contribution >= 4 is 5.69 Å². The Morgan fingerprint density at radius 3 is 2.52 bits per heavy atom. The van der Waals surface area contributed by atoms with E-state index >= 15 is 0 Å². The van der Waals surface area contributed by atoms with E-state index < -0.39 is 0 Å². The van der Waals surface area contributed by atoms with Gasteiger partial charge in [0.1, 0.15) is 0 Å². The lowest BCUT2D eigenvalue weighted by Crippen LogP contribution is -2.47. The quantitative estimate of drug-likeness (QED) is 0.867. The SMILES string of the molecule is COC(CN)CCN1CCN(c2cccc(C)c2C)CC1. The second-order valence-corrected chi connectivity index (χ2v) is 5.93. The van der Waals surface area contributed by atoms with E-state index in [1.165, 1.54) is 16.8 Å². The number of hydrogen-bond acceptors (Lipinski definition) is 4. The Bertz CT molecular complexity index is 438. The molecule has 1 aliphatic rings. The zero-order valence-corrected chi connectivity index (χ0v) is 13.6. The minimum atomic E-state index is 0.196. The van der Waals surface area contributed by atoms with E-state index in [1.54, 1.807) is 7.11 Å². The highest BCUT2D eigenvalue weighted by atomic mass is 16.5. The van der Waals surface area contributed by atoms with Crippen LogP contribution >= 0.6 is 0 Å². The topological polar surface area (TPSA) is 41.7 Å². The van der Waals surface area contributed by atoms with Crippen LogP contribution in [0, 0.1) is 13.8 Å². The fourth-order valence-electron chi connectivity index (χ4n) is 2.95. The largest absolute Gasteiger partial charge is 0.380 e. The predicted octanol–water partition coefficient (Wildman–Crippen LogP) is 1.79. The first-order chi connectivity index (χ1) is 10.2. The van der Waals surface area contributed by atoms with Gasteiger partial charge in [-0.05, 0) is 37.5 Å². The lowest BCUT2D eigenvalue weighted by Gasteiger charge is -2.37. The standard InChI is InChI=1S/C17H29N3O/c1-14-5-4-6-17(15(14)2)20-11-9-19(10-12-20)8-7-16(13-18)21-3/h4-6,16H,7-13,18H2,1-3H3. The summed E-state index contributed by atoms with van der Waals surface area (Å²) in [6, 6.07) is 6.59. The van der Waals surface area contributed by atoms with Crippen LogP contribution in [-0.2, 0) is 4.74 Å². The first-order valence-electron chi connectivity index (χ1n) is 7.92. The van der Waals surface area contributed by atoms with Gasteiger partial charge in [0.25, 0.3) is 0 Å². The highest BCUT2D eigenvalue weighted by molar-refractivity contribution is 5.56. The summed E-state index contributed by atoms with van der Waals surface area (Å²) in [6.07, 6.45) is 1.22. The molecule has 21 heavy (non-hydrogen) atoms. The van der Waals surface area contributed by atoms with Gasteiger partial charge in [-0.3, -0.25) is 4.90 Å². The van der Waals surface area contributed by atoms with E-state index in [9.17, 15) is 0 Å². The molecule has 0 spiro atoms. The van der Waals surface area contributed by atoms with Crippen LogP contribution < -0.4 is 10.6 Å². The first-order valence-corrected chi connectivity index (χ1v) is 7.92.